The molecule has 2 atom stereocenters. The Balaban J connectivity index is 3.94. The summed E-state index contributed by atoms with van der Waals surface area (Å²) < 4.78 is 27.4. The predicted molar refractivity (Wildman–Crippen MR) is 81.0 cm³/mol. The van der Waals surface area contributed by atoms with Crippen LogP contribution in [0.25, 0.3) is 0 Å². The van der Waals surface area contributed by atoms with Crippen molar-refractivity contribution in [3.8, 4) is 0 Å². The van der Waals surface area contributed by atoms with Gasteiger partial charge in [-0.15, -0.1) is 0 Å². The highest BCUT2D eigenvalue weighted by molar-refractivity contribution is 7.47. The Morgan fingerprint density at radius 2 is 1.81 bits per heavy atom. The predicted octanol–water partition coefficient (Wildman–Crippen LogP) is 1.39. The first-order chi connectivity index (χ1) is 9.70. The van der Waals surface area contributed by atoms with Crippen molar-refractivity contribution in [3.63, 3.8) is 0 Å². The van der Waals surface area contributed by atoms with Gasteiger partial charge in [0.05, 0.1) is 34.4 Å². The van der Waals surface area contributed by atoms with E-state index in [2.05, 4.69) is 6.92 Å². The van der Waals surface area contributed by atoms with Gasteiger partial charge in [-0.1, -0.05) is 19.8 Å². The molecular weight excluding hydrogens is 297 g/mol. The lowest BCUT2D eigenvalue weighted by atomic mass is 10.3. The normalized spacial score (nSPS) is 16.7. The van der Waals surface area contributed by atoms with Crippen molar-refractivity contribution in [3.05, 3.63) is 0 Å². The third kappa shape index (κ3) is 13.4. The Morgan fingerprint density at radius 3 is 2.33 bits per heavy atom. The first-order valence-electron chi connectivity index (χ1n) is 7.35. The molecule has 0 aromatic rings. The topological polar surface area (TPSA) is 85.2 Å². The molecule has 0 aliphatic rings. The van der Waals surface area contributed by atoms with E-state index in [1.165, 1.54) is 0 Å². The molecule has 0 aliphatic carbocycles. The molecule has 0 aromatic heterocycles. The molecule has 0 saturated carbocycles. The number of rotatable bonds is 13. The van der Waals surface area contributed by atoms with Crippen molar-refractivity contribution in [1.82, 2.24) is 0 Å². The van der Waals surface area contributed by atoms with Crippen LogP contribution in [0.3, 0.4) is 0 Å². The molecule has 0 saturated heterocycles. The van der Waals surface area contributed by atoms with E-state index < -0.39 is 13.9 Å². The third-order valence-electron chi connectivity index (χ3n) is 2.75. The fraction of sp³-hybridized carbons (Fsp3) is 1.00. The van der Waals surface area contributed by atoms with Gasteiger partial charge in [0.15, 0.2) is 0 Å². The summed E-state index contributed by atoms with van der Waals surface area (Å²) in [4.78, 5) is 9.53. The monoisotopic (exact) mass is 328 g/mol. The zero-order chi connectivity index (χ0) is 16.4. The van der Waals surface area contributed by atoms with E-state index in [-0.39, 0.29) is 19.8 Å². The number of unbranched alkanes of at least 4 members (excludes halogenated alkanes) is 2. The van der Waals surface area contributed by atoms with Crippen LogP contribution in [0.4, 0.5) is 0 Å². The van der Waals surface area contributed by atoms with Gasteiger partial charge in [-0.2, -0.15) is 0 Å². The smallest absolute Gasteiger partial charge is 0.394 e. The molecule has 128 valence electrons. The third-order valence-corrected chi connectivity index (χ3v) is 3.73. The fourth-order valence-corrected chi connectivity index (χ4v) is 2.14. The van der Waals surface area contributed by atoms with Crippen molar-refractivity contribution >= 4 is 7.82 Å². The number of phosphoric acid groups is 1. The molecule has 0 bridgehead atoms. The Kier molecular flexibility index (Phi) is 10.7. The molecule has 0 aromatic carbocycles. The van der Waals surface area contributed by atoms with Gasteiger partial charge in [0.2, 0.25) is 0 Å². The van der Waals surface area contributed by atoms with Crippen LogP contribution >= 0.6 is 7.82 Å². The van der Waals surface area contributed by atoms with Crippen LogP contribution in [0, 0.1) is 0 Å². The highest BCUT2D eigenvalue weighted by Gasteiger charge is 2.24. The average molecular weight is 328 g/mol. The van der Waals surface area contributed by atoms with Gasteiger partial charge in [0.25, 0.3) is 0 Å². The molecule has 7 nitrogen and oxygen atoms in total. The number of aliphatic hydroxyl groups is 1. The maximum absolute atomic E-state index is 11.7. The molecule has 2 N–H and O–H groups in total. The number of hydrogen-bond donors (Lipinski definition) is 2. The van der Waals surface area contributed by atoms with E-state index in [1.807, 2.05) is 21.1 Å². The molecule has 0 spiro atoms. The number of phosphoric ester groups is 1. The second-order valence-electron chi connectivity index (χ2n) is 5.99. The summed E-state index contributed by atoms with van der Waals surface area (Å²) >= 11 is 0. The first-order valence-corrected chi connectivity index (χ1v) is 8.84. The van der Waals surface area contributed by atoms with Gasteiger partial charge in [-0.3, -0.25) is 9.05 Å². The minimum atomic E-state index is -4.09. The minimum absolute atomic E-state index is 0.123. The van der Waals surface area contributed by atoms with Crippen LogP contribution in [0.2, 0.25) is 0 Å². The summed E-state index contributed by atoms with van der Waals surface area (Å²) in [6.07, 6.45) is 2.41. The second-order valence-corrected chi connectivity index (χ2v) is 7.45. The Bertz CT molecular complexity index is 308. The maximum atomic E-state index is 11.7. The highest BCUT2D eigenvalue weighted by Crippen LogP contribution is 2.43. The number of hydrogen-bond acceptors (Lipinski definition) is 5. The summed E-state index contributed by atoms with van der Waals surface area (Å²) in [5.74, 6) is 0. The molecule has 0 fully saturated rings. The number of nitrogens with zero attached hydrogens (tertiary/aromatic N) is 1. The Labute approximate surface area is 128 Å². The van der Waals surface area contributed by atoms with Crippen LogP contribution in [-0.4, -0.2) is 74.7 Å². The van der Waals surface area contributed by atoms with E-state index in [0.29, 0.717) is 17.6 Å². The summed E-state index contributed by atoms with van der Waals surface area (Å²) in [6, 6.07) is 0. The SMILES string of the molecule is CCCCCO[C@@H](CO)COP(=O)(O)OCC[N+](C)(C)C. The Morgan fingerprint density at radius 1 is 1.14 bits per heavy atom. The molecular formula is C13H31NO6P+. The highest BCUT2D eigenvalue weighted by atomic mass is 31.2. The van der Waals surface area contributed by atoms with Crippen LogP contribution in [0.15, 0.2) is 0 Å². The summed E-state index contributed by atoms with van der Waals surface area (Å²) in [6.45, 7) is 2.87. The van der Waals surface area contributed by atoms with Gasteiger partial charge in [-0.25, -0.2) is 4.57 Å². The summed E-state index contributed by atoms with van der Waals surface area (Å²) in [5, 5.41) is 9.14. The van der Waals surface area contributed by atoms with Crippen molar-refractivity contribution in [2.75, 3.05) is 54.1 Å². The molecule has 0 rings (SSSR count). The van der Waals surface area contributed by atoms with Crippen molar-refractivity contribution < 1.29 is 32.8 Å². The molecule has 0 aliphatic heterocycles. The van der Waals surface area contributed by atoms with Crippen LogP contribution in [-0.2, 0) is 18.3 Å². The van der Waals surface area contributed by atoms with E-state index in [4.69, 9.17) is 18.9 Å². The van der Waals surface area contributed by atoms with Gasteiger partial charge in [-0.05, 0) is 6.42 Å². The minimum Gasteiger partial charge on any atom is -0.394 e. The molecule has 0 heterocycles. The van der Waals surface area contributed by atoms with Gasteiger partial charge < -0.3 is 19.2 Å². The number of quaternary nitrogens is 1. The largest absolute Gasteiger partial charge is 0.472 e. The maximum Gasteiger partial charge on any atom is 0.472 e. The molecule has 0 radical (unpaired) electrons. The molecule has 21 heavy (non-hydrogen) atoms. The van der Waals surface area contributed by atoms with Crippen LogP contribution < -0.4 is 0 Å². The molecule has 1 unspecified atom stereocenters. The second kappa shape index (κ2) is 10.7. The van der Waals surface area contributed by atoms with Crippen molar-refractivity contribution in [2.24, 2.45) is 0 Å². The first kappa shape index (κ1) is 21.0. The summed E-state index contributed by atoms with van der Waals surface area (Å²) in [7, 11) is 1.78. The quantitative estimate of drug-likeness (QED) is 0.302. The number of aliphatic hydroxyl groups excluding tert-OH is 1. The van der Waals surface area contributed by atoms with Crippen LogP contribution in [0.5, 0.6) is 0 Å². The molecule has 8 heteroatoms. The van der Waals surface area contributed by atoms with Gasteiger partial charge in [0.1, 0.15) is 19.3 Å². The summed E-state index contributed by atoms with van der Waals surface area (Å²) in [5.41, 5.74) is 0. The lowest BCUT2D eigenvalue weighted by Gasteiger charge is -2.24. The van der Waals surface area contributed by atoms with Crippen molar-refractivity contribution in [1.29, 1.82) is 0 Å². The standard InChI is InChI=1S/C13H30NO6P/c1-5-6-7-9-18-13(11-15)12-20-21(16,17)19-10-8-14(2,3)4/h13,15H,5-12H2,1-4H3/p+1/t13-/m0/s1. The van der Waals surface area contributed by atoms with Gasteiger partial charge in [0, 0.05) is 6.61 Å². The van der Waals surface area contributed by atoms with E-state index >= 15 is 0 Å². The fourth-order valence-electron chi connectivity index (χ4n) is 1.40. The van der Waals surface area contributed by atoms with Gasteiger partial charge >= 0.3 is 7.82 Å². The lowest BCUT2D eigenvalue weighted by molar-refractivity contribution is -0.870. The molecule has 0 amide bonds. The van der Waals surface area contributed by atoms with E-state index in [9.17, 15) is 9.46 Å². The average Bonchev–Trinajstić information content (AvgIpc) is 2.36. The zero-order valence-corrected chi connectivity index (χ0v) is 14.6. The zero-order valence-electron chi connectivity index (χ0n) is 13.7. The lowest BCUT2D eigenvalue weighted by Crippen LogP contribution is -2.37. The van der Waals surface area contributed by atoms with E-state index in [0.717, 1.165) is 19.3 Å². The van der Waals surface area contributed by atoms with Crippen LogP contribution in [0.1, 0.15) is 26.2 Å². The Hall–Kier alpha value is -0.0100. The van der Waals surface area contributed by atoms with E-state index in [1.54, 1.807) is 0 Å². The van der Waals surface area contributed by atoms with Crippen molar-refractivity contribution in [2.45, 2.75) is 32.3 Å². The number of ether oxygens (including phenoxy) is 1. The number of likely N-dealkylation sites (N-methyl/N-ethyl adjacent to an activating group) is 1.